The standard InChI is InChI=1S/C19H37N3O/c1-17(2,3)15-14(10-9-11-23-15)12-21-16(20-8)22-13-18(4,5)19(22,6)7/h14-15H,9-13H2,1-8H3,(H,20,21). The molecule has 4 nitrogen and oxygen atoms in total. The van der Waals surface area contributed by atoms with Gasteiger partial charge < -0.3 is 15.0 Å². The highest BCUT2D eigenvalue weighted by molar-refractivity contribution is 5.82. The maximum atomic E-state index is 6.10. The van der Waals surface area contributed by atoms with Crippen LogP contribution in [0.25, 0.3) is 0 Å². The Morgan fingerprint density at radius 2 is 1.91 bits per heavy atom. The fourth-order valence-corrected chi connectivity index (χ4v) is 3.93. The summed E-state index contributed by atoms with van der Waals surface area (Å²) >= 11 is 0. The van der Waals surface area contributed by atoms with E-state index < -0.39 is 0 Å². The largest absolute Gasteiger partial charge is 0.377 e. The van der Waals surface area contributed by atoms with Crippen molar-refractivity contribution in [3.8, 4) is 0 Å². The zero-order valence-corrected chi connectivity index (χ0v) is 16.5. The molecule has 0 bridgehead atoms. The smallest absolute Gasteiger partial charge is 0.194 e. The molecule has 2 fully saturated rings. The van der Waals surface area contributed by atoms with Crippen LogP contribution in [0.2, 0.25) is 0 Å². The second-order valence-electron chi connectivity index (χ2n) is 9.52. The Kier molecular flexibility index (Phi) is 5.06. The Labute approximate surface area is 143 Å². The number of aliphatic imine (C=N–C) groups is 1. The van der Waals surface area contributed by atoms with Crippen LogP contribution in [0.15, 0.2) is 4.99 Å². The van der Waals surface area contributed by atoms with E-state index in [1.54, 1.807) is 0 Å². The number of likely N-dealkylation sites (tertiary alicyclic amines) is 1. The lowest BCUT2D eigenvalue weighted by Crippen LogP contribution is -2.72. The van der Waals surface area contributed by atoms with E-state index in [0.717, 1.165) is 25.7 Å². The molecule has 2 saturated heterocycles. The van der Waals surface area contributed by atoms with Gasteiger partial charge >= 0.3 is 0 Å². The van der Waals surface area contributed by atoms with Crippen LogP contribution in [0.4, 0.5) is 0 Å². The number of rotatable bonds is 2. The zero-order valence-electron chi connectivity index (χ0n) is 16.5. The lowest BCUT2D eigenvalue weighted by Gasteiger charge is -2.62. The van der Waals surface area contributed by atoms with Crippen molar-refractivity contribution in [3.63, 3.8) is 0 Å². The van der Waals surface area contributed by atoms with Crippen molar-refractivity contribution in [1.82, 2.24) is 10.2 Å². The van der Waals surface area contributed by atoms with Gasteiger partial charge in [-0.2, -0.15) is 0 Å². The van der Waals surface area contributed by atoms with E-state index in [4.69, 9.17) is 4.74 Å². The van der Waals surface area contributed by atoms with Gasteiger partial charge in [0.15, 0.2) is 5.96 Å². The minimum absolute atomic E-state index is 0.140. The zero-order chi connectivity index (χ0) is 17.5. The monoisotopic (exact) mass is 323 g/mol. The predicted octanol–water partition coefficient (Wildman–Crippen LogP) is 3.52. The Balaban J connectivity index is 1.98. The Hall–Kier alpha value is -0.770. The van der Waals surface area contributed by atoms with Gasteiger partial charge in [0.05, 0.1) is 6.10 Å². The van der Waals surface area contributed by atoms with Crippen molar-refractivity contribution >= 4 is 5.96 Å². The molecular weight excluding hydrogens is 286 g/mol. The molecule has 0 radical (unpaired) electrons. The molecule has 2 unspecified atom stereocenters. The first-order valence-corrected chi connectivity index (χ1v) is 9.10. The van der Waals surface area contributed by atoms with Crippen LogP contribution in [0.3, 0.4) is 0 Å². The maximum Gasteiger partial charge on any atom is 0.194 e. The van der Waals surface area contributed by atoms with E-state index in [1.807, 2.05) is 7.05 Å². The molecule has 4 heteroatoms. The fraction of sp³-hybridized carbons (Fsp3) is 0.947. The van der Waals surface area contributed by atoms with Crippen molar-refractivity contribution in [2.45, 2.75) is 73.0 Å². The van der Waals surface area contributed by atoms with Gasteiger partial charge in [0, 0.05) is 43.6 Å². The molecule has 0 aromatic rings. The molecule has 0 spiro atoms. The van der Waals surface area contributed by atoms with Gasteiger partial charge in [-0.1, -0.05) is 34.6 Å². The third kappa shape index (κ3) is 3.52. The molecule has 23 heavy (non-hydrogen) atoms. The number of hydrogen-bond donors (Lipinski definition) is 1. The summed E-state index contributed by atoms with van der Waals surface area (Å²) in [6, 6.07) is 0. The van der Waals surface area contributed by atoms with E-state index in [9.17, 15) is 0 Å². The van der Waals surface area contributed by atoms with Crippen LogP contribution in [0.5, 0.6) is 0 Å². The first-order valence-electron chi connectivity index (χ1n) is 9.10. The van der Waals surface area contributed by atoms with Crippen molar-refractivity contribution in [1.29, 1.82) is 0 Å². The number of hydrogen-bond acceptors (Lipinski definition) is 2. The van der Waals surface area contributed by atoms with Crippen molar-refractivity contribution in [3.05, 3.63) is 0 Å². The number of nitrogens with zero attached hydrogens (tertiary/aromatic N) is 2. The van der Waals surface area contributed by atoms with E-state index in [0.29, 0.717) is 17.4 Å². The molecule has 2 rings (SSSR count). The number of ether oxygens (including phenoxy) is 1. The molecule has 0 aromatic carbocycles. The summed E-state index contributed by atoms with van der Waals surface area (Å²) < 4.78 is 6.10. The minimum Gasteiger partial charge on any atom is -0.377 e. The maximum absolute atomic E-state index is 6.10. The molecule has 0 aromatic heterocycles. The predicted molar refractivity (Wildman–Crippen MR) is 97.8 cm³/mol. The van der Waals surface area contributed by atoms with Gasteiger partial charge in [-0.25, -0.2) is 0 Å². The summed E-state index contributed by atoms with van der Waals surface area (Å²) in [6.07, 6.45) is 2.73. The van der Waals surface area contributed by atoms with E-state index in [-0.39, 0.29) is 11.0 Å². The Morgan fingerprint density at radius 3 is 2.39 bits per heavy atom. The average molecular weight is 324 g/mol. The summed E-state index contributed by atoms with van der Waals surface area (Å²) in [5.41, 5.74) is 0.655. The van der Waals surface area contributed by atoms with Gasteiger partial charge in [0.25, 0.3) is 0 Å². The quantitative estimate of drug-likeness (QED) is 0.624. The molecule has 134 valence electrons. The lowest BCUT2D eigenvalue weighted by atomic mass is 9.65. The van der Waals surface area contributed by atoms with Crippen LogP contribution < -0.4 is 5.32 Å². The first-order chi connectivity index (χ1) is 10.5. The number of guanidine groups is 1. The van der Waals surface area contributed by atoms with Crippen molar-refractivity contribution in [2.24, 2.45) is 21.7 Å². The van der Waals surface area contributed by atoms with Gasteiger partial charge in [0.2, 0.25) is 0 Å². The van der Waals surface area contributed by atoms with Gasteiger partial charge in [-0.05, 0) is 32.1 Å². The molecule has 2 atom stereocenters. The lowest BCUT2D eigenvalue weighted by molar-refractivity contribution is -0.0856. The van der Waals surface area contributed by atoms with Crippen LogP contribution >= 0.6 is 0 Å². The Bertz CT molecular complexity index is 448. The van der Waals surface area contributed by atoms with E-state index in [1.165, 1.54) is 12.8 Å². The third-order valence-corrected chi connectivity index (χ3v) is 6.17. The van der Waals surface area contributed by atoms with Gasteiger partial charge in [-0.3, -0.25) is 4.99 Å². The minimum atomic E-state index is 0.140. The SMILES string of the molecule is CN=C(NCC1CCCOC1C(C)(C)C)N1CC(C)(C)C1(C)C. The summed E-state index contributed by atoms with van der Waals surface area (Å²) in [4.78, 5) is 6.94. The molecule has 0 saturated carbocycles. The van der Waals surface area contributed by atoms with Crippen LogP contribution in [-0.4, -0.2) is 49.2 Å². The molecule has 2 aliphatic rings. The van der Waals surface area contributed by atoms with Gasteiger partial charge in [0.1, 0.15) is 0 Å². The van der Waals surface area contributed by atoms with Crippen LogP contribution in [-0.2, 0) is 4.74 Å². The average Bonchev–Trinajstić information content (AvgIpc) is 2.46. The second kappa shape index (κ2) is 6.27. The summed E-state index contributed by atoms with van der Waals surface area (Å²) in [5.74, 6) is 1.59. The fourth-order valence-electron chi connectivity index (χ4n) is 3.93. The molecule has 0 amide bonds. The number of nitrogens with one attached hydrogen (secondary N) is 1. The summed E-state index contributed by atoms with van der Waals surface area (Å²) in [5, 5.41) is 3.63. The first kappa shape index (κ1) is 18.6. The molecule has 2 heterocycles. The van der Waals surface area contributed by atoms with Crippen LogP contribution in [0.1, 0.15) is 61.3 Å². The second-order valence-corrected chi connectivity index (χ2v) is 9.52. The van der Waals surface area contributed by atoms with Crippen molar-refractivity contribution in [2.75, 3.05) is 26.7 Å². The molecule has 2 aliphatic heterocycles. The third-order valence-electron chi connectivity index (χ3n) is 6.17. The normalized spacial score (nSPS) is 30.8. The Morgan fingerprint density at radius 1 is 1.26 bits per heavy atom. The van der Waals surface area contributed by atoms with Crippen molar-refractivity contribution < 1.29 is 4.74 Å². The summed E-state index contributed by atoms with van der Waals surface area (Å²) in [7, 11) is 1.89. The van der Waals surface area contributed by atoms with E-state index >= 15 is 0 Å². The molecule has 0 aliphatic carbocycles. The van der Waals surface area contributed by atoms with Gasteiger partial charge in [-0.15, -0.1) is 0 Å². The van der Waals surface area contributed by atoms with Crippen LogP contribution in [0, 0.1) is 16.7 Å². The van der Waals surface area contributed by atoms with E-state index in [2.05, 4.69) is 63.7 Å². The highest BCUT2D eigenvalue weighted by Crippen LogP contribution is 2.46. The topological polar surface area (TPSA) is 36.9 Å². The highest BCUT2D eigenvalue weighted by atomic mass is 16.5. The summed E-state index contributed by atoms with van der Waals surface area (Å²) in [6.45, 7) is 19.0. The molecular formula is C19H37N3O. The highest BCUT2D eigenvalue weighted by Gasteiger charge is 2.53. The molecule has 1 N–H and O–H groups in total.